The summed E-state index contributed by atoms with van der Waals surface area (Å²) in [5.74, 6) is 0. The van der Waals surface area contributed by atoms with Crippen molar-refractivity contribution < 1.29 is 0 Å². The molecular formula is C7H5N3. The van der Waals surface area contributed by atoms with Gasteiger partial charge in [0.1, 0.15) is 17.7 Å². The maximum absolute atomic E-state index is 8.39. The van der Waals surface area contributed by atoms with Gasteiger partial charge in [0.05, 0.1) is 0 Å². The third kappa shape index (κ3) is 0.985. The molecule has 0 aromatic heterocycles. The summed E-state index contributed by atoms with van der Waals surface area (Å²) in [5, 5.41) is 19.7. The fourth-order valence-corrected chi connectivity index (χ4v) is 0.728. The molecular weight excluding hydrogens is 126 g/mol. The van der Waals surface area contributed by atoms with Gasteiger partial charge in [0.15, 0.2) is 0 Å². The molecule has 0 fully saturated rings. The van der Waals surface area contributed by atoms with Crippen molar-refractivity contribution in [2.24, 2.45) is 0 Å². The Morgan fingerprint density at radius 2 is 2.20 bits per heavy atom. The van der Waals surface area contributed by atoms with Crippen LogP contribution in [0, 0.1) is 22.7 Å². The molecule has 0 spiro atoms. The zero-order valence-corrected chi connectivity index (χ0v) is 5.26. The normalized spacial score (nSPS) is 13.6. The van der Waals surface area contributed by atoms with Crippen LogP contribution in [0.5, 0.6) is 0 Å². The Bertz CT molecular complexity index is 256. The van der Waals surface area contributed by atoms with E-state index in [0.717, 1.165) is 5.57 Å². The topological polar surface area (TPSA) is 59.6 Å². The van der Waals surface area contributed by atoms with Crippen LogP contribution in [0.15, 0.2) is 23.4 Å². The maximum Gasteiger partial charge on any atom is 0.134 e. The van der Waals surface area contributed by atoms with E-state index in [4.69, 9.17) is 10.5 Å². The van der Waals surface area contributed by atoms with Gasteiger partial charge in [-0.15, -0.1) is 0 Å². The van der Waals surface area contributed by atoms with Gasteiger partial charge in [-0.2, -0.15) is 10.5 Å². The number of allylic oxidation sites excluding steroid dienone is 1. The van der Waals surface area contributed by atoms with E-state index in [2.05, 4.69) is 5.32 Å². The zero-order valence-electron chi connectivity index (χ0n) is 5.26. The standard InChI is InChI=1S/C7H5N3/c8-3-7(4-9)6-1-2-10-5-6/h1-2,10H,5H2. The van der Waals surface area contributed by atoms with E-state index in [1.54, 1.807) is 12.3 Å². The van der Waals surface area contributed by atoms with Gasteiger partial charge < -0.3 is 5.32 Å². The molecule has 0 aromatic carbocycles. The molecule has 3 nitrogen and oxygen atoms in total. The molecule has 0 aromatic rings. The minimum atomic E-state index is 0.196. The molecule has 3 heteroatoms. The number of hydrogen-bond acceptors (Lipinski definition) is 3. The number of rotatable bonds is 0. The molecule has 1 rings (SSSR count). The van der Waals surface area contributed by atoms with Gasteiger partial charge in [-0.25, -0.2) is 0 Å². The van der Waals surface area contributed by atoms with Crippen molar-refractivity contribution in [1.82, 2.24) is 5.32 Å². The van der Waals surface area contributed by atoms with Crippen LogP contribution in [-0.2, 0) is 0 Å². The van der Waals surface area contributed by atoms with Crippen molar-refractivity contribution in [2.75, 3.05) is 6.54 Å². The van der Waals surface area contributed by atoms with Gasteiger partial charge in [-0.1, -0.05) is 0 Å². The molecule has 1 aliphatic rings. The fraction of sp³-hybridized carbons (Fsp3) is 0.143. The molecule has 0 aliphatic carbocycles. The monoisotopic (exact) mass is 131 g/mol. The predicted molar refractivity (Wildman–Crippen MR) is 35.4 cm³/mol. The first-order chi connectivity index (χ1) is 4.88. The largest absolute Gasteiger partial charge is 0.387 e. The molecule has 0 saturated carbocycles. The van der Waals surface area contributed by atoms with E-state index in [1.807, 2.05) is 12.1 Å². The van der Waals surface area contributed by atoms with Crippen LogP contribution in [0.2, 0.25) is 0 Å². The average Bonchev–Trinajstić information content (AvgIpc) is 2.43. The van der Waals surface area contributed by atoms with Crippen molar-refractivity contribution in [1.29, 1.82) is 10.5 Å². The third-order valence-corrected chi connectivity index (χ3v) is 1.24. The SMILES string of the molecule is N#CC(C#N)=C1C=CNC1. The average molecular weight is 131 g/mol. The van der Waals surface area contributed by atoms with Crippen molar-refractivity contribution in [3.8, 4) is 12.1 Å². The lowest BCUT2D eigenvalue weighted by molar-refractivity contribution is 1.00. The fourth-order valence-electron chi connectivity index (χ4n) is 0.728. The first kappa shape index (κ1) is 6.38. The highest BCUT2D eigenvalue weighted by Crippen LogP contribution is 2.06. The van der Waals surface area contributed by atoms with Gasteiger partial charge in [0.25, 0.3) is 0 Å². The Kier molecular flexibility index (Phi) is 1.72. The summed E-state index contributed by atoms with van der Waals surface area (Å²) < 4.78 is 0. The number of nitriles is 2. The summed E-state index contributed by atoms with van der Waals surface area (Å²) >= 11 is 0. The van der Waals surface area contributed by atoms with E-state index in [0.29, 0.717) is 6.54 Å². The molecule has 48 valence electrons. The van der Waals surface area contributed by atoms with Gasteiger partial charge >= 0.3 is 0 Å². The van der Waals surface area contributed by atoms with E-state index in [-0.39, 0.29) is 5.57 Å². The first-order valence-electron chi connectivity index (χ1n) is 2.82. The molecule has 0 bridgehead atoms. The van der Waals surface area contributed by atoms with Gasteiger partial charge in [-0.3, -0.25) is 0 Å². The van der Waals surface area contributed by atoms with E-state index >= 15 is 0 Å². The minimum absolute atomic E-state index is 0.196. The van der Waals surface area contributed by atoms with Crippen LogP contribution in [0.3, 0.4) is 0 Å². The Labute approximate surface area is 58.9 Å². The van der Waals surface area contributed by atoms with Crippen molar-refractivity contribution >= 4 is 0 Å². The summed E-state index contributed by atoms with van der Waals surface area (Å²) in [5.41, 5.74) is 0.964. The van der Waals surface area contributed by atoms with Crippen molar-refractivity contribution in [2.45, 2.75) is 0 Å². The second kappa shape index (κ2) is 2.70. The van der Waals surface area contributed by atoms with Crippen LogP contribution < -0.4 is 5.32 Å². The smallest absolute Gasteiger partial charge is 0.134 e. The van der Waals surface area contributed by atoms with E-state index in [9.17, 15) is 0 Å². The Hall–Kier alpha value is -1.74. The third-order valence-electron chi connectivity index (χ3n) is 1.24. The van der Waals surface area contributed by atoms with Gasteiger partial charge in [0, 0.05) is 12.1 Å². The summed E-state index contributed by atoms with van der Waals surface area (Å²) in [6, 6.07) is 3.64. The Morgan fingerprint density at radius 1 is 1.50 bits per heavy atom. The summed E-state index contributed by atoms with van der Waals surface area (Å²) in [4.78, 5) is 0. The van der Waals surface area contributed by atoms with Crippen LogP contribution in [0.25, 0.3) is 0 Å². The summed E-state index contributed by atoms with van der Waals surface area (Å²) in [6.07, 6.45) is 3.46. The maximum atomic E-state index is 8.39. The van der Waals surface area contributed by atoms with Gasteiger partial charge in [0.2, 0.25) is 0 Å². The highest BCUT2D eigenvalue weighted by Gasteiger charge is 2.04. The van der Waals surface area contributed by atoms with Crippen molar-refractivity contribution in [3.05, 3.63) is 23.4 Å². The molecule has 0 unspecified atom stereocenters. The molecule has 0 atom stereocenters. The van der Waals surface area contributed by atoms with Crippen LogP contribution >= 0.6 is 0 Å². The molecule has 0 amide bonds. The lowest BCUT2D eigenvalue weighted by Gasteiger charge is -1.89. The summed E-state index contributed by atoms with van der Waals surface area (Å²) in [7, 11) is 0. The number of hydrogen-bond donors (Lipinski definition) is 1. The molecule has 0 radical (unpaired) electrons. The lowest BCUT2D eigenvalue weighted by atomic mass is 10.1. The zero-order chi connectivity index (χ0) is 7.40. The minimum Gasteiger partial charge on any atom is -0.387 e. The summed E-state index contributed by atoms with van der Waals surface area (Å²) in [6.45, 7) is 0.594. The Balaban J connectivity index is 2.97. The first-order valence-corrected chi connectivity index (χ1v) is 2.82. The molecule has 1 heterocycles. The second-order valence-electron chi connectivity index (χ2n) is 1.84. The highest BCUT2D eigenvalue weighted by molar-refractivity contribution is 5.46. The molecule has 1 N–H and O–H groups in total. The molecule has 10 heavy (non-hydrogen) atoms. The number of nitrogens with one attached hydrogen (secondary N) is 1. The predicted octanol–water partition coefficient (Wildman–Crippen LogP) is 0.447. The van der Waals surface area contributed by atoms with Gasteiger partial charge in [-0.05, 0) is 12.3 Å². The van der Waals surface area contributed by atoms with Crippen molar-refractivity contribution in [3.63, 3.8) is 0 Å². The molecule has 1 aliphatic heterocycles. The Morgan fingerprint density at radius 3 is 2.60 bits per heavy atom. The quantitative estimate of drug-likeness (QED) is 0.485. The van der Waals surface area contributed by atoms with Crippen LogP contribution in [-0.4, -0.2) is 6.54 Å². The van der Waals surface area contributed by atoms with Crippen LogP contribution in [0.4, 0.5) is 0 Å². The number of nitrogens with zero attached hydrogens (tertiary/aromatic N) is 2. The van der Waals surface area contributed by atoms with E-state index < -0.39 is 0 Å². The van der Waals surface area contributed by atoms with E-state index in [1.165, 1.54) is 0 Å². The highest BCUT2D eigenvalue weighted by atomic mass is 14.8. The molecule has 0 saturated heterocycles. The lowest BCUT2D eigenvalue weighted by Crippen LogP contribution is -2.01. The van der Waals surface area contributed by atoms with Crippen LogP contribution in [0.1, 0.15) is 0 Å². The second-order valence-corrected chi connectivity index (χ2v) is 1.84.